The summed E-state index contributed by atoms with van der Waals surface area (Å²) >= 11 is 0. The lowest BCUT2D eigenvalue weighted by Crippen LogP contribution is -2.14. The first-order valence-electron chi connectivity index (χ1n) is 19.0. The summed E-state index contributed by atoms with van der Waals surface area (Å²) in [5.74, 6) is 0.716. The fraction of sp³-hybridized carbons (Fsp3) is 0.0566. The second-order valence-electron chi connectivity index (χ2n) is 15.0. The third-order valence-corrected chi connectivity index (χ3v) is 11.3. The third-order valence-electron chi connectivity index (χ3n) is 11.3. The molecule has 0 atom stereocenters. The van der Waals surface area contributed by atoms with Gasteiger partial charge < -0.3 is 0 Å². The van der Waals surface area contributed by atoms with Crippen molar-refractivity contribution in [3.63, 3.8) is 0 Å². The SMILES string of the molecule is CC1(C)c2ccccc2-c2c(-c3cccc(-c4cccc(-c5ccc(-c6cc(-c7ccccc7)nc(-c7ccccc7)n6)c6ccccc56)c4)c3)cccc21. The Balaban J connectivity index is 1.06. The molecule has 0 unspecified atom stereocenters. The van der Waals surface area contributed by atoms with Crippen molar-refractivity contribution in [2.75, 3.05) is 0 Å². The predicted molar refractivity (Wildman–Crippen MR) is 230 cm³/mol. The van der Waals surface area contributed by atoms with Gasteiger partial charge in [-0.25, -0.2) is 9.97 Å². The zero-order valence-corrected chi connectivity index (χ0v) is 30.9. The highest BCUT2D eigenvalue weighted by atomic mass is 14.9. The largest absolute Gasteiger partial charge is 0.228 e. The van der Waals surface area contributed by atoms with Crippen LogP contribution in [0, 0.1) is 0 Å². The molecular formula is C53H38N2. The minimum atomic E-state index is -0.0337. The van der Waals surface area contributed by atoms with Gasteiger partial charge in [0, 0.05) is 22.1 Å². The minimum Gasteiger partial charge on any atom is -0.228 e. The zero-order valence-electron chi connectivity index (χ0n) is 30.9. The van der Waals surface area contributed by atoms with Gasteiger partial charge in [-0.15, -0.1) is 0 Å². The van der Waals surface area contributed by atoms with E-state index in [-0.39, 0.29) is 5.41 Å². The maximum Gasteiger partial charge on any atom is 0.160 e. The molecule has 0 bridgehead atoms. The molecule has 1 aliphatic rings. The lowest BCUT2D eigenvalue weighted by Gasteiger charge is -2.21. The molecule has 55 heavy (non-hydrogen) atoms. The minimum absolute atomic E-state index is 0.0337. The quantitative estimate of drug-likeness (QED) is 0.172. The van der Waals surface area contributed by atoms with E-state index in [1.54, 1.807) is 0 Å². The summed E-state index contributed by atoms with van der Waals surface area (Å²) in [5.41, 5.74) is 17.7. The first kappa shape index (κ1) is 32.7. The molecule has 0 N–H and O–H groups in total. The van der Waals surface area contributed by atoms with Crippen LogP contribution in [0.3, 0.4) is 0 Å². The summed E-state index contributed by atoms with van der Waals surface area (Å²) in [5, 5.41) is 2.35. The molecule has 0 saturated heterocycles. The molecule has 9 aromatic rings. The highest BCUT2D eigenvalue weighted by molar-refractivity contribution is 6.05. The molecule has 1 aromatic heterocycles. The van der Waals surface area contributed by atoms with Gasteiger partial charge in [0.2, 0.25) is 0 Å². The lowest BCUT2D eigenvalue weighted by atomic mass is 9.82. The third kappa shape index (κ3) is 5.66. The van der Waals surface area contributed by atoms with Gasteiger partial charge in [-0.1, -0.05) is 190 Å². The molecule has 1 aliphatic carbocycles. The number of hydrogen-bond donors (Lipinski definition) is 0. The van der Waals surface area contributed by atoms with Gasteiger partial charge in [-0.2, -0.15) is 0 Å². The molecule has 0 amide bonds. The van der Waals surface area contributed by atoms with E-state index < -0.39 is 0 Å². The summed E-state index contributed by atoms with van der Waals surface area (Å²) in [4.78, 5) is 10.2. The van der Waals surface area contributed by atoms with E-state index in [9.17, 15) is 0 Å². The molecule has 0 saturated carbocycles. The van der Waals surface area contributed by atoms with Gasteiger partial charge in [0.25, 0.3) is 0 Å². The van der Waals surface area contributed by atoms with E-state index in [2.05, 4.69) is 184 Å². The van der Waals surface area contributed by atoms with E-state index in [1.807, 2.05) is 24.3 Å². The predicted octanol–water partition coefficient (Wildman–Crippen LogP) is 13.9. The van der Waals surface area contributed by atoms with E-state index in [0.717, 1.165) is 33.5 Å². The summed E-state index contributed by atoms with van der Waals surface area (Å²) in [6.45, 7) is 4.69. The topological polar surface area (TPSA) is 25.8 Å². The molecule has 260 valence electrons. The van der Waals surface area contributed by atoms with Crippen LogP contribution in [0.25, 0.3) is 89.2 Å². The van der Waals surface area contributed by atoms with Crippen LogP contribution in [-0.4, -0.2) is 9.97 Å². The number of benzene rings is 8. The fourth-order valence-electron chi connectivity index (χ4n) is 8.56. The van der Waals surface area contributed by atoms with Crippen molar-refractivity contribution >= 4 is 10.8 Å². The van der Waals surface area contributed by atoms with E-state index in [1.165, 1.54) is 61.0 Å². The lowest BCUT2D eigenvalue weighted by molar-refractivity contribution is 0.660. The number of fused-ring (bicyclic) bond motifs is 4. The molecule has 2 heteroatoms. The van der Waals surface area contributed by atoms with Crippen molar-refractivity contribution in [3.8, 4) is 78.4 Å². The Morgan fingerprint density at radius 3 is 1.55 bits per heavy atom. The first-order chi connectivity index (χ1) is 27.0. The van der Waals surface area contributed by atoms with Crippen LogP contribution in [-0.2, 0) is 5.41 Å². The van der Waals surface area contributed by atoms with Crippen molar-refractivity contribution in [2.45, 2.75) is 19.3 Å². The van der Waals surface area contributed by atoms with Crippen molar-refractivity contribution in [2.24, 2.45) is 0 Å². The zero-order chi connectivity index (χ0) is 36.9. The average molecular weight is 703 g/mol. The van der Waals surface area contributed by atoms with Crippen LogP contribution in [0.15, 0.2) is 194 Å². The number of hydrogen-bond acceptors (Lipinski definition) is 2. The van der Waals surface area contributed by atoms with E-state index in [4.69, 9.17) is 9.97 Å². The van der Waals surface area contributed by atoms with Gasteiger partial charge in [-0.3, -0.25) is 0 Å². The van der Waals surface area contributed by atoms with Crippen LogP contribution in [0.5, 0.6) is 0 Å². The highest BCUT2D eigenvalue weighted by Crippen LogP contribution is 2.52. The smallest absolute Gasteiger partial charge is 0.160 e. The Bertz CT molecular complexity index is 2830. The van der Waals surface area contributed by atoms with Gasteiger partial charge in [0.15, 0.2) is 5.82 Å². The van der Waals surface area contributed by atoms with Crippen LogP contribution < -0.4 is 0 Å². The van der Waals surface area contributed by atoms with E-state index in [0.29, 0.717) is 5.82 Å². The molecule has 0 fully saturated rings. The first-order valence-corrected chi connectivity index (χ1v) is 19.0. The number of aromatic nitrogens is 2. The van der Waals surface area contributed by atoms with Gasteiger partial charge in [-0.05, 0) is 84.6 Å². The van der Waals surface area contributed by atoms with Crippen LogP contribution in [0.2, 0.25) is 0 Å². The fourth-order valence-corrected chi connectivity index (χ4v) is 8.56. The molecule has 0 radical (unpaired) electrons. The number of nitrogens with zero attached hydrogens (tertiary/aromatic N) is 2. The van der Waals surface area contributed by atoms with Crippen molar-refractivity contribution in [1.29, 1.82) is 0 Å². The monoisotopic (exact) mass is 702 g/mol. The summed E-state index contributed by atoms with van der Waals surface area (Å²) in [7, 11) is 0. The van der Waals surface area contributed by atoms with Gasteiger partial charge >= 0.3 is 0 Å². The van der Waals surface area contributed by atoms with Crippen LogP contribution >= 0.6 is 0 Å². The maximum atomic E-state index is 5.17. The van der Waals surface area contributed by atoms with E-state index >= 15 is 0 Å². The average Bonchev–Trinajstić information content (AvgIpc) is 3.49. The second-order valence-corrected chi connectivity index (χ2v) is 15.0. The highest BCUT2D eigenvalue weighted by Gasteiger charge is 2.36. The molecule has 8 aromatic carbocycles. The Labute approximate surface area is 322 Å². The molecule has 0 spiro atoms. The molecule has 2 nitrogen and oxygen atoms in total. The van der Waals surface area contributed by atoms with Gasteiger partial charge in [0.05, 0.1) is 11.4 Å². The second kappa shape index (κ2) is 13.2. The Morgan fingerprint density at radius 2 is 0.818 bits per heavy atom. The standard InChI is InChI=1S/C53H38N2/c1-53(2)47-28-12-11-26-46(47)51-42(27-15-29-48(51)53)40-23-14-21-38(33-40)37-20-13-22-39(32-37)41-30-31-45(44-25-10-9-24-43(41)44)50-34-49(35-16-5-3-6-17-35)54-52(55-50)36-18-7-4-8-19-36/h3-34H,1-2H3. The molecular weight excluding hydrogens is 665 g/mol. The maximum absolute atomic E-state index is 5.17. The number of rotatable bonds is 6. The summed E-state index contributed by atoms with van der Waals surface area (Å²) in [6.07, 6.45) is 0. The Hall–Kier alpha value is -6.90. The molecule has 1 heterocycles. The summed E-state index contributed by atoms with van der Waals surface area (Å²) < 4.78 is 0. The Kier molecular flexibility index (Phi) is 7.85. The Morgan fingerprint density at radius 1 is 0.327 bits per heavy atom. The van der Waals surface area contributed by atoms with Crippen molar-refractivity contribution in [3.05, 3.63) is 205 Å². The van der Waals surface area contributed by atoms with Crippen molar-refractivity contribution in [1.82, 2.24) is 9.97 Å². The molecule has 10 rings (SSSR count). The van der Waals surface area contributed by atoms with Crippen LogP contribution in [0.1, 0.15) is 25.0 Å². The summed E-state index contributed by atoms with van der Waals surface area (Å²) in [6, 6.07) is 69.6. The van der Waals surface area contributed by atoms with Gasteiger partial charge in [0.1, 0.15) is 0 Å². The van der Waals surface area contributed by atoms with Crippen LogP contribution in [0.4, 0.5) is 0 Å². The van der Waals surface area contributed by atoms with Crippen molar-refractivity contribution < 1.29 is 0 Å². The molecule has 0 aliphatic heterocycles. The normalized spacial score (nSPS) is 12.7.